The summed E-state index contributed by atoms with van der Waals surface area (Å²) in [5.41, 5.74) is 5.10. The van der Waals surface area contributed by atoms with Gasteiger partial charge in [0.2, 0.25) is 5.91 Å². The maximum Gasteiger partial charge on any atom is 0.264 e. The van der Waals surface area contributed by atoms with E-state index in [9.17, 15) is 21.6 Å². The molecule has 0 atom stereocenters. The Morgan fingerprint density at radius 2 is 1.29 bits per heavy atom. The van der Waals surface area contributed by atoms with Crippen molar-refractivity contribution in [1.29, 1.82) is 0 Å². The van der Waals surface area contributed by atoms with Gasteiger partial charge < -0.3 is 5.32 Å². The Kier molecular flexibility index (Phi) is 8.84. The third-order valence-electron chi connectivity index (χ3n) is 6.74. The molecular formula is C31H33N3O5S2. The van der Waals surface area contributed by atoms with Gasteiger partial charge in [-0.2, -0.15) is 0 Å². The molecule has 41 heavy (non-hydrogen) atoms. The first-order valence-electron chi connectivity index (χ1n) is 13.1. The van der Waals surface area contributed by atoms with Crippen LogP contribution in [-0.2, 0) is 31.3 Å². The van der Waals surface area contributed by atoms with E-state index in [0.29, 0.717) is 17.1 Å². The Balaban J connectivity index is 1.53. The number of sulfonamides is 2. The highest BCUT2D eigenvalue weighted by atomic mass is 32.2. The van der Waals surface area contributed by atoms with E-state index in [0.717, 1.165) is 33.0 Å². The van der Waals surface area contributed by atoms with Crippen LogP contribution in [0.25, 0.3) is 0 Å². The number of benzene rings is 4. The van der Waals surface area contributed by atoms with Gasteiger partial charge in [0.25, 0.3) is 20.0 Å². The Bertz CT molecular complexity index is 1750. The number of aryl methyl sites for hydroxylation is 4. The van der Waals surface area contributed by atoms with Gasteiger partial charge in [0.15, 0.2) is 0 Å². The zero-order chi connectivity index (χ0) is 29.8. The summed E-state index contributed by atoms with van der Waals surface area (Å²) in [5.74, 6) is -0.580. The van der Waals surface area contributed by atoms with E-state index in [1.54, 1.807) is 36.4 Å². The van der Waals surface area contributed by atoms with Gasteiger partial charge in [-0.15, -0.1) is 0 Å². The minimum atomic E-state index is -4.05. The molecular weight excluding hydrogens is 558 g/mol. The van der Waals surface area contributed by atoms with Crippen LogP contribution in [-0.4, -0.2) is 29.3 Å². The van der Waals surface area contributed by atoms with E-state index in [2.05, 4.69) is 10.0 Å². The van der Waals surface area contributed by atoms with Gasteiger partial charge >= 0.3 is 0 Å². The lowest BCUT2D eigenvalue weighted by molar-refractivity contribution is -0.114. The number of anilines is 3. The maximum atomic E-state index is 13.6. The molecule has 1 amide bonds. The number of nitrogens with one attached hydrogen (secondary N) is 2. The molecule has 4 aromatic carbocycles. The molecule has 0 aliphatic rings. The fourth-order valence-electron chi connectivity index (χ4n) is 4.12. The molecule has 4 rings (SSSR count). The monoisotopic (exact) mass is 591 g/mol. The summed E-state index contributed by atoms with van der Waals surface area (Å²) in [7, 11) is -7.91. The first kappa shape index (κ1) is 29.8. The van der Waals surface area contributed by atoms with E-state index < -0.39 is 32.5 Å². The van der Waals surface area contributed by atoms with Crippen molar-refractivity contribution < 1.29 is 21.6 Å². The van der Waals surface area contributed by atoms with E-state index in [1.807, 2.05) is 45.9 Å². The highest BCUT2D eigenvalue weighted by molar-refractivity contribution is 7.93. The first-order chi connectivity index (χ1) is 19.4. The Labute approximate surface area is 242 Å². The van der Waals surface area contributed by atoms with Crippen LogP contribution < -0.4 is 14.3 Å². The van der Waals surface area contributed by atoms with Crippen molar-refractivity contribution in [2.45, 2.75) is 43.9 Å². The number of rotatable bonds is 10. The molecule has 2 N–H and O–H groups in total. The highest BCUT2D eigenvalue weighted by Crippen LogP contribution is 2.25. The Hall–Kier alpha value is -4.15. The van der Waals surface area contributed by atoms with Crippen LogP contribution in [0, 0.1) is 20.8 Å². The summed E-state index contributed by atoms with van der Waals surface area (Å²) in [6.07, 6.45) is 0.789. The number of carbonyl (C=O) groups is 1. The highest BCUT2D eigenvalue weighted by Gasteiger charge is 2.27. The summed E-state index contributed by atoms with van der Waals surface area (Å²) < 4.78 is 56.6. The number of carbonyl (C=O) groups excluding carboxylic acids is 1. The van der Waals surface area contributed by atoms with Crippen molar-refractivity contribution in [3.05, 3.63) is 113 Å². The second-order valence-corrected chi connectivity index (χ2v) is 13.4. The lowest BCUT2D eigenvalue weighted by atomic mass is 10.1. The largest absolute Gasteiger partial charge is 0.325 e. The van der Waals surface area contributed by atoms with Crippen LogP contribution in [0.1, 0.15) is 29.2 Å². The number of hydrogen-bond donors (Lipinski definition) is 2. The summed E-state index contributed by atoms with van der Waals surface area (Å²) in [6, 6.07) is 24.4. The van der Waals surface area contributed by atoms with Gasteiger partial charge in [-0.25, -0.2) is 16.8 Å². The zero-order valence-electron chi connectivity index (χ0n) is 23.4. The Morgan fingerprint density at radius 1 is 0.707 bits per heavy atom. The molecule has 0 radical (unpaired) electrons. The number of amides is 1. The SMILES string of the molecule is CCc1ccc(N(CC(=O)Nc2ccc(S(=O)(=O)Nc3ccc(C)c(C)c3)cc2)S(=O)(=O)c2ccc(C)cc2)cc1. The topological polar surface area (TPSA) is 113 Å². The van der Waals surface area contributed by atoms with Gasteiger partial charge in [0.05, 0.1) is 15.5 Å². The van der Waals surface area contributed by atoms with Crippen molar-refractivity contribution in [2.24, 2.45) is 0 Å². The quantitative estimate of drug-likeness (QED) is 0.242. The van der Waals surface area contributed by atoms with Crippen LogP contribution in [0.4, 0.5) is 17.1 Å². The van der Waals surface area contributed by atoms with E-state index in [4.69, 9.17) is 0 Å². The molecule has 0 saturated carbocycles. The van der Waals surface area contributed by atoms with Crippen LogP contribution in [0.2, 0.25) is 0 Å². The van der Waals surface area contributed by atoms with Crippen molar-refractivity contribution >= 4 is 43.0 Å². The summed E-state index contributed by atoms with van der Waals surface area (Å²) >= 11 is 0. The maximum absolute atomic E-state index is 13.6. The zero-order valence-corrected chi connectivity index (χ0v) is 25.0. The summed E-state index contributed by atoms with van der Waals surface area (Å²) in [5, 5.41) is 2.68. The predicted octanol–water partition coefficient (Wildman–Crippen LogP) is 5.81. The third-order valence-corrected chi connectivity index (χ3v) is 9.92. The van der Waals surface area contributed by atoms with E-state index in [-0.39, 0.29) is 9.79 Å². The fourth-order valence-corrected chi connectivity index (χ4v) is 6.59. The van der Waals surface area contributed by atoms with Gasteiger partial charge in [0.1, 0.15) is 6.54 Å². The molecule has 0 aliphatic carbocycles. The fraction of sp³-hybridized carbons (Fsp3) is 0.194. The molecule has 214 valence electrons. The molecule has 10 heteroatoms. The molecule has 0 bridgehead atoms. The third kappa shape index (κ3) is 7.14. The molecule has 0 spiro atoms. The van der Waals surface area contributed by atoms with Crippen molar-refractivity contribution in [3.63, 3.8) is 0 Å². The molecule has 8 nitrogen and oxygen atoms in total. The smallest absolute Gasteiger partial charge is 0.264 e. The molecule has 0 heterocycles. The summed E-state index contributed by atoms with van der Waals surface area (Å²) in [4.78, 5) is 13.2. The lowest BCUT2D eigenvalue weighted by Gasteiger charge is -2.24. The number of hydrogen-bond acceptors (Lipinski definition) is 5. The van der Waals surface area contributed by atoms with Crippen molar-refractivity contribution in [3.8, 4) is 0 Å². The van der Waals surface area contributed by atoms with Gasteiger partial charge in [-0.3, -0.25) is 13.8 Å². The van der Waals surface area contributed by atoms with Gasteiger partial charge in [-0.1, -0.05) is 42.8 Å². The molecule has 0 saturated heterocycles. The minimum Gasteiger partial charge on any atom is -0.325 e. The van der Waals surface area contributed by atoms with Crippen LogP contribution in [0.5, 0.6) is 0 Å². The number of nitrogens with zero attached hydrogens (tertiary/aromatic N) is 1. The van der Waals surface area contributed by atoms with E-state index in [1.165, 1.54) is 36.4 Å². The second kappa shape index (κ2) is 12.2. The van der Waals surface area contributed by atoms with Crippen LogP contribution in [0.15, 0.2) is 101 Å². The van der Waals surface area contributed by atoms with Gasteiger partial charge in [-0.05, 0) is 105 Å². The molecule has 4 aromatic rings. The first-order valence-corrected chi connectivity index (χ1v) is 16.0. The normalized spacial score (nSPS) is 11.6. The molecule has 0 aliphatic heterocycles. The lowest BCUT2D eigenvalue weighted by Crippen LogP contribution is -2.38. The van der Waals surface area contributed by atoms with Gasteiger partial charge in [0, 0.05) is 11.4 Å². The average Bonchev–Trinajstić information content (AvgIpc) is 2.94. The Morgan fingerprint density at radius 3 is 1.88 bits per heavy atom. The molecule has 0 fully saturated rings. The predicted molar refractivity (Wildman–Crippen MR) is 163 cm³/mol. The average molecular weight is 592 g/mol. The second-order valence-electron chi connectivity index (χ2n) is 9.82. The minimum absolute atomic E-state index is 0.0216. The van der Waals surface area contributed by atoms with E-state index >= 15 is 0 Å². The molecule has 0 unspecified atom stereocenters. The standard InChI is InChI=1S/C31H33N3O5S2/c1-5-25-9-14-28(15-10-25)34(41(38,39)30-16-6-22(2)7-17-30)21-31(35)32-26-12-18-29(19-13-26)40(36,37)33-27-11-8-23(3)24(4)20-27/h6-20,33H,5,21H2,1-4H3,(H,32,35). The van der Waals surface area contributed by atoms with Crippen molar-refractivity contribution in [2.75, 3.05) is 20.9 Å². The van der Waals surface area contributed by atoms with Crippen LogP contribution >= 0.6 is 0 Å². The van der Waals surface area contributed by atoms with Crippen LogP contribution in [0.3, 0.4) is 0 Å². The summed E-state index contributed by atoms with van der Waals surface area (Å²) in [6.45, 7) is 7.23. The van der Waals surface area contributed by atoms with Crippen molar-refractivity contribution in [1.82, 2.24) is 0 Å². The molecule has 0 aromatic heterocycles.